The van der Waals surface area contributed by atoms with E-state index in [9.17, 15) is 4.79 Å². The van der Waals surface area contributed by atoms with Gasteiger partial charge in [-0.1, -0.05) is 6.92 Å². The van der Waals surface area contributed by atoms with Gasteiger partial charge in [-0.25, -0.2) is 4.98 Å². The number of hydrogen-bond donors (Lipinski definition) is 0. The molecule has 0 radical (unpaired) electrons. The second-order valence-corrected chi connectivity index (χ2v) is 4.95. The Morgan fingerprint density at radius 1 is 1.50 bits per heavy atom. The number of nitrogens with zero attached hydrogens (tertiary/aromatic N) is 2. The lowest BCUT2D eigenvalue weighted by molar-refractivity contribution is 0.0975. The number of thiophene rings is 1. The van der Waals surface area contributed by atoms with Crippen LogP contribution in [0.3, 0.4) is 0 Å². The van der Waals surface area contributed by atoms with E-state index < -0.39 is 0 Å². The number of hydrogen-bond acceptors (Lipinski definition) is 3. The number of Topliss-reactive ketones (excluding diaryl/α,β-unsaturated/α-hetero) is 1. The molecule has 2 rings (SSSR count). The van der Waals surface area contributed by atoms with Gasteiger partial charge in [-0.15, -0.1) is 11.3 Å². The molecule has 0 fully saturated rings. The van der Waals surface area contributed by atoms with E-state index in [1.54, 1.807) is 17.5 Å². The Bertz CT molecular complexity index is 499. The lowest BCUT2D eigenvalue weighted by Gasteiger charge is -2.03. The van der Waals surface area contributed by atoms with Crippen LogP contribution in [0.1, 0.15) is 27.3 Å². The van der Waals surface area contributed by atoms with Gasteiger partial charge < -0.3 is 4.57 Å². The molecule has 2 aromatic rings. The minimum atomic E-state index is 0.158. The van der Waals surface area contributed by atoms with Crippen LogP contribution in [-0.4, -0.2) is 15.3 Å². The maximum atomic E-state index is 12.0. The lowest BCUT2D eigenvalue weighted by atomic mass is 10.3. The minimum absolute atomic E-state index is 0.158. The minimum Gasteiger partial charge on any atom is -0.327 e. The third-order valence-corrected chi connectivity index (χ3v) is 3.49. The van der Waals surface area contributed by atoms with Gasteiger partial charge >= 0.3 is 0 Å². The highest BCUT2D eigenvalue weighted by Gasteiger charge is 2.10. The van der Waals surface area contributed by atoms with Crippen molar-refractivity contribution < 1.29 is 4.79 Å². The van der Waals surface area contributed by atoms with Crippen LogP contribution in [0.2, 0.25) is 0 Å². The molecule has 3 nitrogen and oxygen atoms in total. The summed E-state index contributed by atoms with van der Waals surface area (Å²) in [5.41, 5.74) is 0. The van der Waals surface area contributed by atoms with Crippen molar-refractivity contribution in [2.75, 3.05) is 0 Å². The first-order chi connectivity index (χ1) is 7.70. The Morgan fingerprint density at radius 2 is 2.31 bits per heavy atom. The van der Waals surface area contributed by atoms with E-state index in [-0.39, 0.29) is 5.78 Å². The highest BCUT2D eigenvalue weighted by molar-refractivity contribution is 7.14. The van der Waals surface area contributed by atoms with Crippen LogP contribution < -0.4 is 0 Å². The maximum absolute atomic E-state index is 12.0. The van der Waals surface area contributed by atoms with Crippen LogP contribution in [0, 0.1) is 6.92 Å². The van der Waals surface area contributed by atoms with Gasteiger partial charge in [0.15, 0.2) is 5.78 Å². The number of aromatic nitrogens is 2. The second kappa shape index (κ2) is 4.61. The van der Waals surface area contributed by atoms with Crippen LogP contribution in [0.15, 0.2) is 24.5 Å². The molecular formula is C12H14N2OS. The van der Waals surface area contributed by atoms with E-state index in [1.807, 2.05) is 36.7 Å². The van der Waals surface area contributed by atoms with E-state index in [4.69, 9.17) is 0 Å². The van der Waals surface area contributed by atoms with Gasteiger partial charge in [0, 0.05) is 23.7 Å². The van der Waals surface area contributed by atoms with Crippen molar-refractivity contribution in [1.29, 1.82) is 0 Å². The Balaban J connectivity index is 2.13. The fourth-order valence-electron chi connectivity index (χ4n) is 1.62. The zero-order chi connectivity index (χ0) is 11.5. The molecule has 0 saturated carbocycles. The van der Waals surface area contributed by atoms with Crippen molar-refractivity contribution in [2.24, 2.45) is 0 Å². The van der Waals surface area contributed by atoms with Crippen LogP contribution in [0.25, 0.3) is 0 Å². The number of rotatable bonds is 4. The van der Waals surface area contributed by atoms with Crippen molar-refractivity contribution in [2.45, 2.75) is 26.8 Å². The van der Waals surface area contributed by atoms with Gasteiger partial charge in [0.2, 0.25) is 0 Å². The summed E-state index contributed by atoms with van der Waals surface area (Å²) < 4.78 is 1.91. The van der Waals surface area contributed by atoms with Gasteiger partial charge in [-0.2, -0.15) is 0 Å². The molecule has 2 heterocycles. The normalized spacial score (nSPS) is 10.6. The van der Waals surface area contributed by atoms with E-state index in [1.165, 1.54) is 4.88 Å². The highest BCUT2D eigenvalue weighted by atomic mass is 32.1. The van der Waals surface area contributed by atoms with Gasteiger partial charge in [0.25, 0.3) is 0 Å². The van der Waals surface area contributed by atoms with Crippen molar-refractivity contribution in [3.63, 3.8) is 0 Å². The average molecular weight is 234 g/mol. The fourth-order valence-corrected chi connectivity index (χ4v) is 2.41. The molecule has 2 aromatic heterocycles. The summed E-state index contributed by atoms with van der Waals surface area (Å²) >= 11 is 1.55. The highest BCUT2D eigenvalue weighted by Crippen LogP contribution is 2.16. The largest absolute Gasteiger partial charge is 0.327 e. The quantitative estimate of drug-likeness (QED) is 0.762. The predicted octanol–water partition coefficient (Wildman–Crippen LogP) is 2.70. The van der Waals surface area contributed by atoms with Crippen molar-refractivity contribution in [3.8, 4) is 0 Å². The number of carbonyl (C=O) groups is 1. The summed E-state index contributed by atoms with van der Waals surface area (Å²) in [6, 6.07) is 3.87. The molecule has 0 unspecified atom stereocenters. The molecule has 0 aromatic carbocycles. The summed E-state index contributed by atoms with van der Waals surface area (Å²) in [5, 5.41) is 0. The maximum Gasteiger partial charge on any atom is 0.192 e. The first kappa shape index (κ1) is 11.1. The summed E-state index contributed by atoms with van der Waals surface area (Å²) in [6.07, 6.45) is 4.45. The molecule has 0 bridgehead atoms. The Hall–Kier alpha value is -1.42. The predicted molar refractivity (Wildman–Crippen MR) is 65.0 cm³/mol. The average Bonchev–Trinajstić information content (AvgIpc) is 2.86. The van der Waals surface area contributed by atoms with E-state index >= 15 is 0 Å². The fraction of sp³-hybridized carbons (Fsp3) is 0.333. The molecule has 0 aliphatic rings. The van der Waals surface area contributed by atoms with Crippen molar-refractivity contribution in [1.82, 2.24) is 9.55 Å². The number of ketones is 1. The molecular weight excluding hydrogens is 220 g/mol. The van der Waals surface area contributed by atoms with Gasteiger partial charge in [-0.3, -0.25) is 4.79 Å². The van der Waals surface area contributed by atoms with E-state index in [0.29, 0.717) is 6.54 Å². The van der Waals surface area contributed by atoms with Crippen LogP contribution in [0.5, 0.6) is 0 Å². The van der Waals surface area contributed by atoms with Crippen LogP contribution >= 0.6 is 11.3 Å². The number of aryl methyl sites for hydroxylation is 2. The Labute approximate surface area is 98.8 Å². The Morgan fingerprint density at radius 3 is 2.94 bits per heavy atom. The topological polar surface area (TPSA) is 34.9 Å². The van der Waals surface area contributed by atoms with E-state index in [2.05, 4.69) is 4.98 Å². The molecule has 0 aliphatic heterocycles. The first-order valence-electron chi connectivity index (χ1n) is 5.30. The summed E-state index contributed by atoms with van der Waals surface area (Å²) in [5.74, 6) is 1.12. The molecule has 0 spiro atoms. The molecule has 4 heteroatoms. The van der Waals surface area contributed by atoms with Gasteiger partial charge in [0.1, 0.15) is 5.82 Å². The zero-order valence-corrected chi connectivity index (χ0v) is 10.3. The first-order valence-corrected chi connectivity index (χ1v) is 6.12. The van der Waals surface area contributed by atoms with Gasteiger partial charge in [-0.05, 0) is 19.1 Å². The summed E-state index contributed by atoms with van der Waals surface area (Å²) in [6.45, 7) is 4.44. The van der Waals surface area contributed by atoms with Crippen LogP contribution in [0.4, 0.5) is 0 Å². The third kappa shape index (κ3) is 2.22. The molecule has 0 atom stereocenters. The van der Waals surface area contributed by atoms with Gasteiger partial charge in [0.05, 0.1) is 11.4 Å². The Kier molecular flexibility index (Phi) is 3.19. The smallest absolute Gasteiger partial charge is 0.192 e. The molecule has 16 heavy (non-hydrogen) atoms. The zero-order valence-electron chi connectivity index (χ0n) is 9.43. The summed E-state index contributed by atoms with van der Waals surface area (Å²) in [4.78, 5) is 18.2. The number of carbonyl (C=O) groups excluding carboxylic acids is 1. The van der Waals surface area contributed by atoms with E-state index in [0.717, 1.165) is 17.1 Å². The molecule has 0 saturated heterocycles. The summed E-state index contributed by atoms with van der Waals surface area (Å²) in [7, 11) is 0. The SMILES string of the molecule is CCc1nccn1CC(=O)c1ccc(C)s1. The standard InChI is InChI=1S/C12H14N2OS/c1-3-12-13-6-7-14(12)8-10(15)11-5-4-9(2)16-11/h4-7H,3,8H2,1-2H3. The monoisotopic (exact) mass is 234 g/mol. The number of imidazole rings is 1. The molecule has 0 aliphatic carbocycles. The third-order valence-electron chi connectivity index (χ3n) is 2.45. The molecule has 0 N–H and O–H groups in total. The van der Waals surface area contributed by atoms with Crippen LogP contribution in [-0.2, 0) is 13.0 Å². The molecule has 84 valence electrons. The second-order valence-electron chi connectivity index (χ2n) is 3.66. The molecule has 0 amide bonds. The van der Waals surface area contributed by atoms with Crippen molar-refractivity contribution >= 4 is 17.1 Å². The lowest BCUT2D eigenvalue weighted by Crippen LogP contribution is -2.11. The van der Waals surface area contributed by atoms with Crippen molar-refractivity contribution in [3.05, 3.63) is 40.1 Å².